The van der Waals surface area contributed by atoms with E-state index in [0.29, 0.717) is 6.54 Å². The fourth-order valence-corrected chi connectivity index (χ4v) is 1.79. The second-order valence-corrected chi connectivity index (χ2v) is 4.15. The number of hydrogen-bond donors (Lipinski definition) is 0. The molecule has 0 spiro atoms. The maximum absolute atomic E-state index is 13.8. The minimum atomic E-state index is -0.646. The molecule has 0 heterocycles. The van der Waals surface area contributed by atoms with Gasteiger partial charge < -0.3 is 4.90 Å². The average molecular weight is 259 g/mol. The first-order valence-electron chi connectivity index (χ1n) is 5.68. The summed E-state index contributed by atoms with van der Waals surface area (Å²) in [7, 11) is 1.72. The van der Waals surface area contributed by atoms with Gasteiger partial charge in [0.25, 0.3) is 5.69 Å². The molecule has 19 heavy (non-hydrogen) atoms. The number of nitro benzene ring substituents is 1. The molecule has 0 N–H and O–H groups in total. The van der Waals surface area contributed by atoms with Crippen molar-refractivity contribution in [3.63, 3.8) is 0 Å². The summed E-state index contributed by atoms with van der Waals surface area (Å²) in [6, 6.07) is 14.3. The normalized spacial score (nSPS) is 10.2. The van der Waals surface area contributed by atoms with E-state index in [1.807, 2.05) is 30.3 Å². The number of halogens is 1. The van der Waals surface area contributed by atoms with Crippen molar-refractivity contribution in [3.05, 3.63) is 70.0 Å². The van der Waals surface area contributed by atoms with Gasteiger partial charge in [-0.2, -0.15) is 0 Å². The van der Waals surface area contributed by atoms with E-state index in [0.717, 1.165) is 11.6 Å². The summed E-state index contributed by atoms with van der Waals surface area (Å²) < 4.78 is 13.8. The summed E-state index contributed by atoms with van der Waals surface area (Å²) in [6.07, 6.45) is 0. The monoisotopic (exact) mass is 259 g/mol. The molecule has 2 aromatic rings. The Morgan fingerprint density at radius 3 is 2.63 bits per heavy atom. The van der Waals surface area contributed by atoms with Crippen LogP contribution in [0.15, 0.2) is 42.5 Å². The number of nitrogens with zero attached hydrogens (tertiary/aromatic N) is 2. The van der Waals surface area contributed by atoms with Gasteiger partial charge in [-0.05, 0) is 5.56 Å². The third-order valence-corrected chi connectivity index (χ3v) is 2.71. The average Bonchev–Trinajstić information content (AvgIpc) is 2.39. The van der Waals surface area contributed by atoms with Gasteiger partial charge in [-0.3, -0.25) is 10.1 Å². The van der Waals surface area contributed by atoms with E-state index in [-0.39, 0.29) is 11.4 Å². The van der Waals surface area contributed by atoms with Crippen molar-refractivity contribution in [1.29, 1.82) is 0 Å². The molecule has 0 aliphatic heterocycles. The minimum absolute atomic E-state index is 0.217. The van der Waals surface area contributed by atoms with E-state index in [2.05, 4.69) is 6.07 Å². The van der Waals surface area contributed by atoms with Crippen molar-refractivity contribution >= 4 is 11.4 Å². The highest BCUT2D eigenvalue weighted by molar-refractivity contribution is 5.51. The van der Waals surface area contributed by atoms with E-state index >= 15 is 0 Å². The number of rotatable bonds is 4. The summed E-state index contributed by atoms with van der Waals surface area (Å²) in [6.45, 7) is 0.506. The summed E-state index contributed by atoms with van der Waals surface area (Å²) in [5.74, 6) is -0.646. The lowest BCUT2D eigenvalue weighted by molar-refractivity contribution is -0.385. The van der Waals surface area contributed by atoms with Gasteiger partial charge in [-0.1, -0.05) is 30.3 Å². The Labute approximate surface area is 110 Å². The predicted molar refractivity (Wildman–Crippen MR) is 70.4 cm³/mol. The number of benzene rings is 2. The second-order valence-electron chi connectivity index (χ2n) is 4.15. The van der Waals surface area contributed by atoms with Crippen molar-refractivity contribution < 1.29 is 9.31 Å². The van der Waals surface area contributed by atoms with Crippen molar-refractivity contribution in [2.24, 2.45) is 0 Å². The van der Waals surface area contributed by atoms with Crippen LogP contribution in [0, 0.1) is 22.0 Å². The van der Waals surface area contributed by atoms with Gasteiger partial charge in [0.1, 0.15) is 0 Å². The zero-order valence-electron chi connectivity index (χ0n) is 10.3. The van der Waals surface area contributed by atoms with Crippen LogP contribution in [0.3, 0.4) is 0 Å². The molecule has 0 saturated heterocycles. The highest BCUT2D eigenvalue weighted by Gasteiger charge is 2.14. The standard InChI is InChI=1S/C14H12FN2O2/c1-16(10-11-5-3-2-4-6-11)14-8-7-12(17(18)19)9-13(14)15/h2-7,9H,10H2,1H3. The zero-order chi connectivity index (χ0) is 13.8. The Bertz CT molecular complexity index is 587. The molecule has 97 valence electrons. The number of non-ortho nitro benzene ring substituents is 1. The van der Waals surface area contributed by atoms with Gasteiger partial charge in [0.05, 0.1) is 16.7 Å². The lowest BCUT2D eigenvalue weighted by atomic mass is 10.2. The molecule has 0 atom stereocenters. The Morgan fingerprint density at radius 1 is 1.37 bits per heavy atom. The van der Waals surface area contributed by atoms with Crippen LogP contribution in [0.5, 0.6) is 0 Å². The molecule has 5 heteroatoms. The van der Waals surface area contributed by atoms with Crippen LogP contribution < -0.4 is 4.90 Å². The van der Waals surface area contributed by atoms with Crippen LogP contribution in [0.2, 0.25) is 0 Å². The first-order chi connectivity index (χ1) is 9.08. The van der Waals surface area contributed by atoms with Crippen LogP contribution in [0.1, 0.15) is 5.56 Å². The summed E-state index contributed by atoms with van der Waals surface area (Å²) in [5.41, 5.74) is 0.944. The molecule has 0 bridgehead atoms. The molecule has 0 aromatic heterocycles. The van der Waals surface area contributed by atoms with Crippen molar-refractivity contribution in [2.75, 3.05) is 11.9 Å². The molecular formula is C14H12FN2O2. The molecule has 0 aliphatic rings. The zero-order valence-corrected chi connectivity index (χ0v) is 10.3. The Hall–Kier alpha value is -2.43. The van der Waals surface area contributed by atoms with E-state index in [1.54, 1.807) is 11.9 Å². The molecule has 2 rings (SSSR count). The van der Waals surface area contributed by atoms with E-state index in [9.17, 15) is 14.5 Å². The maximum Gasteiger partial charge on any atom is 0.273 e. The lowest BCUT2D eigenvalue weighted by Gasteiger charge is -2.19. The van der Waals surface area contributed by atoms with Gasteiger partial charge in [0.2, 0.25) is 0 Å². The Kier molecular flexibility index (Phi) is 3.75. The smallest absolute Gasteiger partial charge is 0.273 e. The van der Waals surface area contributed by atoms with Crippen LogP contribution in [0.25, 0.3) is 0 Å². The maximum atomic E-state index is 13.8. The third kappa shape index (κ3) is 3.07. The molecule has 4 nitrogen and oxygen atoms in total. The van der Waals surface area contributed by atoms with Gasteiger partial charge in [-0.25, -0.2) is 4.39 Å². The first kappa shape index (κ1) is 13.0. The van der Waals surface area contributed by atoms with Crippen molar-refractivity contribution in [1.82, 2.24) is 0 Å². The largest absolute Gasteiger partial charge is 0.367 e. The molecule has 2 aromatic carbocycles. The van der Waals surface area contributed by atoms with E-state index < -0.39 is 10.7 Å². The minimum Gasteiger partial charge on any atom is -0.367 e. The Morgan fingerprint density at radius 2 is 2.05 bits per heavy atom. The topological polar surface area (TPSA) is 46.4 Å². The molecule has 0 amide bonds. The van der Waals surface area contributed by atoms with Crippen LogP contribution >= 0.6 is 0 Å². The fourth-order valence-electron chi connectivity index (χ4n) is 1.79. The second kappa shape index (κ2) is 5.48. The highest BCUT2D eigenvalue weighted by atomic mass is 19.1. The first-order valence-corrected chi connectivity index (χ1v) is 5.68. The fraction of sp³-hybridized carbons (Fsp3) is 0.143. The molecular weight excluding hydrogens is 247 g/mol. The summed E-state index contributed by atoms with van der Waals surface area (Å²) >= 11 is 0. The number of hydrogen-bond acceptors (Lipinski definition) is 3. The molecule has 0 fully saturated rings. The van der Waals surface area contributed by atoms with Crippen molar-refractivity contribution in [2.45, 2.75) is 6.54 Å². The van der Waals surface area contributed by atoms with Gasteiger partial charge in [0.15, 0.2) is 5.82 Å². The highest BCUT2D eigenvalue weighted by Crippen LogP contribution is 2.23. The van der Waals surface area contributed by atoms with E-state index in [4.69, 9.17) is 0 Å². The molecule has 0 unspecified atom stereocenters. The van der Waals surface area contributed by atoms with E-state index in [1.165, 1.54) is 6.07 Å². The van der Waals surface area contributed by atoms with Gasteiger partial charge in [-0.15, -0.1) is 0 Å². The van der Waals surface area contributed by atoms with Crippen LogP contribution in [-0.4, -0.2) is 12.0 Å². The predicted octanol–water partition coefficient (Wildman–Crippen LogP) is 3.17. The van der Waals surface area contributed by atoms with Gasteiger partial charge in [0, 0.05) is 25.7 Å². The lowest BCUT2D eigenvalue weighted by Crippen LogP contribution is -2.17. The molecule has 0 saturated carbocycles. The van der Waals surface area contributed by atoms with Crippen LogP contribution in [0.4, 0.5) is 15.8 Å². The van der Waals surface area contributed by atoms with Crippen molar-refractivity contribution in [3.8, 4) is 0 Å². The molecule has 1 radical (unpaired) electrons. The quantitative estimate of drug-likeness (QED) is 0.625. The Balaban J connectivity index is 2.20. The number of nitro groups is 1. The summed E-state index contributed by atoms with van der Waals surface area (Å²) in [4.78, 5) is 11.6. The number of anilines is 1. The summed E-state index contributed by atoms with van der Waals surface area (Å²) in [5, 5.41) is 10.5. The SMILES string of the molecule is CN(Cc1ccccc1)c1[c]cc([N+](=O)[O-])cc1F. The molecule has 0 aliphatic carbocycles. The van der Waals surface area contributed by atoms with Crippen LogP contribution in [-0.2, 0) is 6.54 Å². The van der Waals surface area contributed by atoms with Gasteiger partial charge >= 0.3 is 0 Å². The third-order valence-electron chi connectivity index (χ3n) is 2.71.